The monoisotopic (exact) mass is 285 g/mol. The molecule has 1 saturated carbocycles. The maximum Gasteiger partial charge on any atom is 0.127 e. The van der Waals surface area contributed by atoms with Gasteiger partial charge >= 0.3 is 0 Å². The van der Waals surface area contributed by atoms with Crippen LogP contribution in [0.25, 0.3) is 0 Å². The van der Waals surface area contributed by atoms with E-state index in [1.54, 1.807) is 12.1 Å². The van der Waals surface area contributed by atoms with E-state index in [-0.39, 0.29) is 17.8 Å². The van der Waals surface area contributed by atoms with Crippen LogP contribution < -0.4 is 5.32 Å². The molecule has 0 aliphatic heterocycles. The Balaban J connectivity index is 1.90. The zero-order valence-electron chi connectivity index (χ0n) is 11.1. The third-order valence-corrected chi connectivity index (χ3v) is 4.31. The van der Waals surface area contributed by atoms with Gasteiger partial charge in [0.25, 0.3) is 0 Å². The summed E-state index contributed by atoms with van der Waals surface area (Å²) in [5, 5.41) is 13.4. The quantitative estimate of drug-likeness (QED) is 0.868. The molecule has 0 aromatic heterocycles. The van der Waals surface area contributed by atoms with Crippen LogP contribution in [0.2, 0.25) is 5.02 Å². The van der Waals surface area contributed by atoms with Crippen molar-refractivity contribution in [3.63, 3.8) is 0 Å². The molecule has 0 unspecified atom stereocenters. The van der Waals surface area contributed by atoms with E-state index in [0.717, 1.165) is 19.4 Å². The predicted octanol–water partition coefficient (Wildman–Crippen LogP) is 3.51. The first-order chi connectivity index (χ1) is 9.15. The molecule has 106 valence electrons. The Hall–Kier alpha value is -0.640. The summed E-state index contributed by atoms with van der Waals surface area (Å²) >= 11 is 5.86. The number of aliphatic hydroxyl groups excluding tert-OH is 1. The lowest BCUT2D eigenvalue weighted by molar-refractivity contribution is 0.0810. The van der Waals surface area contributed by atoms with Gasteiger partial charge in [0.05, 0.1) is 0 Å². The molecule has 2 nitrogen and oxygen atoms in total. The molecule has 19 heavy (non-hydrogen) atoms. The molecule has 1 fully saturated rings. The summed E-state index contributed by atoms with van der Waals surface area (Å²) in [6.45, 7) is 1.39. The van der Waals surface area contributed by atoms with Crippen molar-refractivity contribution in [2.24, 2.45) is 5.41 Å². The van der Waals surface area contributed by atoms with E-state index in [9.17, 15) is 9.50 Å². The van der Waals surface area contributed by atoms with E-state index >= 15 is 0 Å². The first kappa shape index (κ1) is 14.8. The fourth-order valence-electron chi connectivity index (χ4n) is 2.83. The maximum absolute atomic E-state index is 13.6. The molecule has 0 heterocycles. The normalized spacial score (nSPS) is 18.5. The Morgan fingerprint density at radius 2 is 2.00 bits per heavy atom. The van der Waals surface area contributed by atoms with Gasteiger partial charge in [-0.25, -0.2) is 4.39 Å². The van der Waals surface area contributed by atoms with Crippen LogP contribution in [0.4, 0.5) is 4.39 Å². The van der Waals surface area contributed by atoms with Gasteiger partial charge in [0.15, 0.2) is 0 Å². The molecule has 0 saturated heterocycles. The standard InChI is InChI=1S/C15H21ClFNO/c16-13-4-5-14(17)12(8-13)9-18-10-15(11-19)6-2-1-3-7-15/h4-5,8,18-19H,1-3,6-7,9-11H2. The third-order valence-electron chi connectivity index (χ3n) is 4.07. The highest BCUT2D eigenvalue weighted by molar-refractivity contribution is 6.30. The average Bonchev–Trinajstić information content (AvgIpc) is 2.44. The Morgan fingerprint density at radius 3 is 2.68 bits per heavy atom. The highest BCUT2D eigenvalue weighted by Crippen LogP contribution is 2.35. The summed E-state index contributed by atoms with van der Waals surface area (Å²) < 4.78 is 13.6. The first-order valence-electron chi connectivity index (χ1n) is 6.91. The van der Waals surface area contributed by atoms with Crippen molar-refractivity contribution in [3.05, 3.63) is 34.6 Å². The lowest BCUT2D eigenvalue weighted by Gasteiger charge is -2.35. The van der Waals surface area contributed by atoms with Crippen LogP contribution in [0, 0.1) is 11.2 Å². The fraction of sp³-hybridized carbons (Fsp3) is 0.600. The summed E-state index contributed by atoms with van der Waals surface area (Å²) in [4.78, 5) is 0. The average molecular weight is 286 g/mol. The minimum Gasteiger partial charge on any atom is -0.396 e. The van der Waals surface area contributed by atoms with E-state index in [4.69, 9.17) is 11.6 Å². The second-order valence-electron chi connectivity index (χ2n) is 5.56. The number of halogens is 2. The van der Waals surface area contributed by atoms with Gasteiger partial charge in [-0.05, 0) is 31.0 Å². The second-order valence-corrected chi connectivity index (χ2v) is 5.99. The van der Waals surface area contributed by atoms with E-state index < -0.39 is 0 Å². The number of aliphatic hydroxyl groups is 1. The number of nitrogens with one attached hydrogen (secondary N) is 1. The highest BCUT2D eigenvalue weighted by atomic mass is 35.5. The van der Waals surface area contributed by atoms with E-state index in [2.05, 4.69) is 5.32 Å². The minimum absolute atomic E-state index is 0.0205. The van der Waals surface area contributed by atoms with Gasteiger partial charge in [-0.1, -0.05) is 30.9 Å². The van der Waals surface area contributed by atoms with Crippen LogP contribution >= 0.6 is 11.6 Å². The van der Waals surface area contributed by atoms with Crippen molar-refractivity contribution in [1.29, 1.82) is 0 Å². The van der Waals surface area contributed by atoms with Crippen molar-refractivity contribution in [1.82, 2.24) is 5.32 Å². The van der Waals surface area contributed by atoms with E-state index in [1.165, 1.54) is 25.3 Å². The molecule has 0 atom stereocenters. The Labute approximate surface area is 119 Å². The molecule has 0 radical (unpaired) electrons. The summed E-state index contributed by atoms with van der Waals surface area (Å²) in [7, 11) is 0. The molecule has 1 aliphatic rings. The summed E-state index contributed by atoms with van der Waals surface area (Å²) in [5.74, 6) is -0.237. The molecule has 4 heteroatoms. The summed E-state index contributed by atoms with van der Waals surface area (Å²) in [6.07, 6.45) is 5.70. The molecule has 2 rings (SSSR count). The van der Waals surface area contributed by atoms with Crippen LogP contribution in [0.15, 0.2) is 18.2 Å². The van der Waals surface area contributed by atoms with Crippen LogP contribution in [0.5, 0.6) is 0 Å². The number of hydrogen-bond acceptors (Lipinski definition) is 2. The molecule has 0 bridgehead atoms. The summed E-state index contributed by atoms with van der Waals surface area (Å²) in [6, 6.07) is 4.59. The van der Waals surface area contributed by atoms with E-state index in [0.29, 0.717) is 17.1 Å². The number of rotatable bonds is 5. The highest BCUT2D eigenvalue weighted by Gasteiger charge is 2.30. The van der Waals surface area contributed by atoms with Crippen molar-refractivity contribution in [2.75, 3.05) is 13.2 Å². The smallest absolute Gasteiger partial charge is 0.127 e. The van der Waals surface area contributed by atoms with Crippen LogP contribution in [-0.2, 0) is 6.54 Å². The zero-order valence-corrected chi connectivity index (χ0v) is 11.8. The maximum atomic E-state index is 13.6. The Morgan fingerprint density at radius 1 is 1.26 bits per heavy atom. The van der Waals surface area contributed by atoms with Gasteiger partial charge in [0, 0.05) is 35.7 Å². The Bertz CT molecular complexity index is 419. The SMILES string of the molecule is OCC1(CNCc2cc(Cl)ccc2F)CCCCC1. The summed E-state index contributed by atoms with van der Waals surface area (Å²) in [5.41, 5.74) is 0.559. The molecule has 1 aromatic rings. The number of hydrogen-bond donors (Lipinski definition) is 2. The lowest BCUT2D eigenvalue weighted by Crippen LogP contribution is -2.38. The van der Waals surface area contributed by atoms with Gasteiger partial charge in [0.1, 0.15) is 5.82 Å². The molecule has 1 aromatic carbocycles. The minimum atomic E-state index is -0.237. The lowest BCUT2D eigenvalue weighted by atomic mass is 9.74. The molecule has 1 aliphatic carbocycles. The van der Waals surface area contributed by atoms with Gasteiger partial charge in [-0.15, -0.1) is 0 Å². The Kier molecular flexibility index (Phi) is 5.20. The van der Waals surface area contributed by atoms with Crippen molar-refractivity contribution in [3.8, 4) is 0 Å². The van der Waals surface area contributed by atoms with Crippen LogP contribution in [0.3, 0.4) is 0 Å². The molecule has 0 spiro atoms. The molecule has 2 N–H and O–H groups in total. The van der Waals surface area contributed by atoms with Gasteiger partial charge in [-0.2, -0.15) is 0 Å². The topological polar surface area (TPSA) is 32.3 Å². The van der Waals surface area contributed by atoms with Crippen LogP contribution in [0.1, 0.15) is 37.7 Å². The van der Waals surface area contributed by atoms with Crippen molar-refractivity contribution < 1.29 is 9.50 Å². The predicted molar refractivity (Wildman–Crippen MR) is 75.7 cm³/mol. The molecule has 0 amide bonds. The number of benzene rings is 1. The largest absolute Gasteiger partial charge is 0.396 e. The zero-order chi connectivity index (χ0) is 13.7. The van der Waals surface area contributed by atoms with Gasteiger partial charge in [0.2, 0.25) is 0 Å². The van der Waals surface area contributed by atoms with Crippen molar-refractivity contribution >= 4 is 11.6 Å². The molecular formula is C15H21ClFNO. The molecular weight excluding hydrogens is 265 g/mol. The van der Waals surface area contributed by atoms with Gasteiger partial charge in [-0.3, -0.25) is 0 Å². The second kappa shape index (κ2) is 6.69. The fourth-order valence-corrected chi connectivity index (χ4v) is 3.03. The first-order valence-corrected chi connectivity index (χ1v) is 7.29. The van der Waals surface area contributed by atoms with Crippen LogP contribution in [-0.4, -0.2) is 18.3 Å². The van der Waals surface area contributed by atoms with E-state index in [1.807, 2.05) is 0 Å². The van der Waals surface area contributed by atoms with Gasteiger partial charge < -0.3 is 10.4 Å². The third kappa shape index (κ3) is 3.91. The van der Waals surface area contributed by atoms with Crippen molar-refractivity contribution in [2.45, 2.75) is 38.6 Å².